The van der Waals surface area contributed by atoms with Crippen LogP contribution in [0.3, 0.4) is 0 Å². The lowest BCUT2D eigenvalue weighted by Crippen LogP contribution is -2.37. The standard InChI is InChI=1S/C12H20N2S/c1-11(9-12-3-8-15-10-12)14-6-2-4-13-5-7-14/h3,8,10-11,13H,2,4-7,9H2,1H3. The fourth-order valence-corrected chi connectivity index (χ4v) is 2.87. The molecule has 1 saturated heterocycles. The largest absolute Gasteiger partial charge is 0.315 e. The second-order valence-corrected chi connectivity index (χ2v) is 5.10. The van der Waals surface area contributed by atoms with Gasteiger partial charge in [-0.3, -0.25) is 4.90 Å². The van der Waals surface area contributed by atoms with E-state index in [1.54, 1.807) is 11.3 Å². The zero-order valence-electron chi connectivity index (χ0n) is 9.41. The normalized spacial score (nSPS) is 21.1. The van der Waals surface area contributed by atoms with E-state index in [1.807, 2.05) is 0 Å². The Morgan fingerprint density at radius 3 is 3.20 bits per heavy atom. The highest BCUT2D eigenvalue weighted by Crippen LogP contribution is 2.12. The SMILES string of the molecule is CC(Cc1ccsc1)N1CCCNCC1. The Bertz CT molecular complexity index is 263. The van der Waals surface area contributed by atoms with Crippen molar-refractivity contribution in [3.8, 4) is 0 Å². The molecule has 0 amide bonds. The fraction of sp³-hybridized carbons (Fsp3) is 0.667. The van der Waals surface area contributed by atoms with Crippen LogP contribution in [0.2, 0.25) is 0 Å². The number of nitrogens with zero attached hydrogens (tertiary/aromatic N) is 1. The molecular formula is C12H20N2S. The van der Waals surface area contributed by atoms with E-state index in [1.165, 1.54) is 38.0 Å². The average molecular weight is 224 g/mol. The molecule has 0 radical (unpaired) electrons. The molecule has 2 heterocycles. The maximum Gasteiger partial charge on any atom is 0.0110 e. The van der Waals surface area contributed by atoms with Gasteiger partial charge in [-0.15, -0.1) is 0 Å². The summed E-state index contributed by atoms with van der Waals surface area (Å²) in [7, 11) is 0. The summed E-state index contributed by atoms with van der Waals surface area (Å²) >= 11 is 1.80. The summed E-state index contributed by atoms with van der Waals surface area (Å²) in [4.78, 5) is 2.61. The molecule has 1 N–H and O–H groups in total. The lowest BCUT2D eigenvalue weighted by atomic mass is 10.1. The van der Waals surface area contributed by atoms with E-state index in [0.29, 0.717) is 6.04 Å². The zero-order valence-corrected chi connectivity index (χ0v) is 10.2. The monoisotopic (exact) mass is 224 g/mol. The Labute approximate surface area is 96.3 Å². The molecular weight excluding hydrogens is 204 g/mol. The second-order valence-electron chi connectivity index (χ2n) is 4.32. The minimum Gasteiger partial charge on any atom is -0.315 e. The Morgan fingerprint density at radius 2 is 2.40 bits per heavy atom. The van der Waals surface area contributed by atoms with Crippen molar-refractivity contribution in [2.75, 3.05) is 26.2 Å². The summed E-state index contributed by atoms with van der Waals surface area (Å²) in [6.45, 7) is 7.13. The van der Waals surface area contributed by atoms with Gasteiger partial charge >= 0.3 is 0 Å². The summed E-state index contributed by atoms with van der Waals surface area (Å²) in [6.07, 6.45) is 2.48. The molecule has 0 bridgehead atoms. The summed E-state index contributed by atoms with van der Waals surface area (Å²) in [6, 6.07) is 2.93. The fourth-order valence-electron chi connectivity index (χ4n) is 2.19. The number of thiophene rings is 1. The van der Waals surface area contributed by atoms with E-state index < -0.39 is 0 Å². The number of hydrogen-bond acceptors (Lipinski definition) is 3. The molecule has 0 spiro atoms. The van der Waals surface area contributed by atoms with Gasteiger partial charge in [-0.2, -0.15) is 11.3 Å². The first kappa shape index (κ1) is 11.1. The zero-order chi connectivity index (χ0) is 10.5. The minimum absolute atomic E-state index is 0.680. The molecule has 1 fully saturated rings. The lowest BCUT2D eigenvalue weighted by Gasteiger charge is -2.27. The number of rotatable bonds is 3. The third-order valence-corrected chi connectivity index (χ3v) is 3.84. The second kappa shape index (κ2) is 5.64. The highest BCUT2D eigenvalue weighted by Gasteiger charge is 2.15. The van der Waals surface area contributed by atoms with Gasteiger partial charge in [0.2, 0.25) is 0 Å². The Hall–Kier alpha value is -0.380. The van der Waals surface area contributed by atoms with Crippen LogP contribution in [0.1, 0.15) is 18.9 Å². The van der Waals surface area contributed by atoms with Crippen molar-refractivity contribution < 1.29 is 0 Å². The first-order valence-corrected chi connectivity index (χ1v) is 6.76. The van der Waals surface area contributed by atoms with Crippen LogP contribution in [0.5, 0.6) is 0 Å². The highest BCUT2D eigenvalue weighted by atomic mass is 32.1. The van der Waals surface area contributed by atoms with Gasteiger partial charge in [0.25, 0.3) is 0 Å². The molecule has 1 atom stereocenters. The van der Waals surface area contributed by atoms with Gasteiger partial charge in [-0.05, 0) is 55.2 Å². The maximum absolute atomic E-state index is 3.45. The highest BCUT2D eigenvalue weighted by molar-refractivity contribution is 7.07. The van der Waals surface area contributed by atoms with Gasteiger partial charge in [0.05, 0.1) is 0 Å². The van der Waals surface area contributed by atoms with E-state index in [4.69, 9.17) is 0 Å². The van der Waals surface area contributed by atoms with Crippen LogP contribution in [-0.4, -0.2) is 37.1 Å². The Balaban J connectivity index is 1.86. The molecule has 1 unspecified atom stereocenters. The summed E-state index contributed by atoms with van der Waals surface area (Å²) in [5.41, 5.74) is 1.49. The Kier molecular flexibility index (Phi) is 4.18. The van der Waals surface area contributed by atoms with Gasteiger partial charge in [-0.25, -0.2) is 0 Å². The average Bonchev–Trinajstić information content (AvgIpc) is 2.58. The Morgan fingerprint density at radius 1 is 1.47 bits per heavy atom. The molecule has 0 aliphatic carbocycles. The van der Waals surface area contributed by atoms with Crippen LogP contribution in [0.4, 0.5) is 0 Å². The van der Waals surface area contributed by atoms with Crippen molar-refractivity contribution >= 4 is 11.3 Å². The van der Waals surface area contributed by atoms with Crippen molar-refractivity contribution in [1.29, 1.82) is 0 Å². The molecule has 0 saturated carbocycles. The smallest absolute Gasteiger partial charge is 0.0110 e. The molecule has 1 aliphatic rings. The topological polar surface area (TPSA) is 15.3 Å². The maximum atomic E-state index is 3.45. The lowest BCUT2D eigenvalue weighted by molar-refractivity contribution is 0.222. The predicted octanol–water partition coefficient (Wildman–Crippen LogP) is 1.97. The minimum atomic E-state index is 0.680. The van der Waals surface area contributed by atoms with Crippen molar-refractivity contribution in [2.24, 2.45) is 0 Å². The van der Waals surface area contributed by atoms with Crippen LogP contribution in [0.25, 0.3) is 0 Å². The van der Waals surface area contributed by atoms with Crippen molar-refractivity contribution in [3.63, 3.8) is 0 Å². The van der Waals surface area contributed by atoms with E-state index in [0.717, 1.165) is 6.54 Å². The molecule has 15 heavy (non-hydrogen) atoms. The third kappa shape index (κ3) is 3.30. The summed E-state index contributed by atoms with van der Waals surface area (Å²) in [5, 5.41) is 7.89. The molecule has 0 aromatic carbocycles. The van der Waals surface area contributed by atoms with Crippen molar-refractivity contribution in [2.45, 2.75) is 25.8 Å². The van der Waals surface area contributed by atoms with Crippen LogP contribution in [0, 0.1) is 0 Å². The van der Waals surface area contributed by atoms with Crippen LogP contribution < -0.4 is 5.32 Å². The molecule has 3 heteroatoms. The van der Waals surface area contributed by atoms with Crippen molar-refractivity contribution in [3.05, 3.63) is 22.4 Å². The molecule has 1 aromatic rings. The summed E-state index contributed by atoms with van der Waals surface area (Å²) < 4.78 is 0. The van der Waals surface area contributed by atoms with Gasteiger partial charge in [0.1, 0.15) is 0 Å². The molecule has 84 valence electrons. The first-order valence-electron chi connectivity index (χ1n) is 5.82. The van der Waals surface area contributed by atoms with E-state index >= 15 is 0 Å². The number of nitrogens with one attached hydrogen (secondary N) is 1. The number of hydrogen-bond donors (Lipinski definition) is 1. The van der Waals surface area contributed by atoms with Gasteiger partial charge in [-0.1, -0.05) is 0 Å². The van der Waals surface area contributed by atoms with E-state index in [-0.39, 0.29) is 0 Å². The molecule has 2 nitrogen and oxygen atoms in total. The quantitative estimate of drug-likeness (QED) is 0.844. The van der Waals surface area contributed by atoms with E-state index in [2.05, 4.69) is 34.0 Å². The van der Waals surface area contributed by atoms with Crippen LogP contribution >= 0.6 is 11.3 Å². The molecule has 1 aromatic heterocycles. The van der Waals surface area contributed by atoms with Crippen LogP contribution in [-0.2, 0) is 6.42 Å². The van der Waals surface area contributed by atoms with Gasteiger partial charge in [0, 0.05) is 19.1 Å². The molecule has 2 rings (SSSR count). The van der Waals surface area contributed by atoms with Crippen molar-refractivity contribution in [1.82, 2.24) is 10.2 Å². The molecule has 1 aliphatic heterocycles. The first-order chi connectivity index (χ1) is 7.36. The third-order valence-electron chi connectivity index (χ3n) is 3.11. The van der Waals surface area contributed by atoms with Crippen LogP contribution in [0.15, 0.2) is 16.8 Å². The van der Waals surface area contributed by atoms with Gasteiger partial charge < -0.3 is 5.32 Å². The predicted molar refractivity (Wildman–Crippen MR) is 66.5 cm³/mol. The summed E-state index contributed by atoms with van der Waals surface area (Å²) in [5.74, 6) is 0. The van der Waals surface area contributed by atoms with Gasteiger partial charge in [0.15, 0.2) is 0 Å². The van der Waals surface area contributed by atoms with E-state index in [9.17, 15) is 0 Å².